The van der Waals surface area contributed by atoms with Crippen molar-refractivity contribution >= 4 is 18.4 Å². The van der Waals surface area contributed by atoms with Gasteiger partial charge in [0.1, 0.15) is 6.29 Å². The quantitative estimate of drug-likeness (QED) is 0.370. The van der Waals surface area contributed by atoms with Crippen molar-refractivity contribution < 1.29 is 20.1 Å². The molecule has 1 aromatic carbocycles. The second-order valence-electron chi connectivity index (χ2n) is 6.57. The van der Waals surface area contributed by atoms with Crippen molar-refractivity contribution in [1.29, 1.82) is 0 Å². The Hall–Kier alpha value is -1.75. The van der Waals surface area contributed by atoms with Gasteiger partial charge in [0.15, 0.2) is 0 Å². The van der Waals surface area contributed by atoms with Gasteiger partial charge in [-0.3, -0.25) is 0 Å². The monoisotopic (exact) mass is 360 g/mol. The van der Waals surface area contributed by atoms with Crippen LogP contribution in [0.1, 0.15) is 63.0 Å². The third kappa shape index (κ3) is 9.09. The van der Waals surface area contributed by atoms with Crippen LogP contribution < -0.4 is 0 Å². The first-order chi connectivity index (χ1) is 12.6. The Morgan fingerprint density at radius 3 is 2.19 bits per heavy atom. The Bertz CT molecular complexity index is 565. The van der Waals surface area contributed by atoms with Crippen molar-refractivity contribution in [1.82, 2.24) is 0 Å². The molecule has 0 aliphatic rings. The summed E-state index contributed by atoms with van der Waals surface area (Å²) in [6.45, 7) is 2.14. The van der Waals surface area contributed by atoms with Crippen LogP contribution >= 0.6 is 0 Å². The standard InChI is InChI=1S/C22H32O4/c1-2-3-4-11-20(24)15-13-18-9-5-6-10-19(18)14-16-22(26)21(25)12-7-8-17-23/h5-6,9-10,13-17,20-22,24-26H,2-4,7-8,11-12H2,1H3/b15-13+,16-14+/t20-,21+,22-/m1/s1. The van der Waals surface area contributed by atoms with Gasteiger partial charge in [-0.25, -0.2) is 0 Å². The maximum atomic E-state index is 10.3. The van der Waals surface area contributed by atoms with Gasteiger partial charge in [-0.05, 0) is 30.4 Å². The van der Waals surface area contributed by atoms with E-state index in [-0.39, 0.29) is 0 Å². The molecule has 0 aromatic heterocycles. The molecule has 0 saturated carbocycles. The lowest BCUT2D eigenvalue weighted by atomic mass is 10.0. The minimum absolute atomic E-state index is 0.385. The van der Waals surface area contributed by atoms with Gasteiger partial charge in [-0.15, -0.1) is 0 Å². The smallest absolute Gasteiger partial charge is 0.119 e. The van der Waals surface area contributed by atoms with E-state index in [0.717, 1.165) is 43.1 Å². The molecular weight excluding hydrogens is 328 g/mol. The van der Waals surface area contributed by atoms with Crippen LogP contribution in [0.4, 0.5) is 0 Å². The molecule has 0 unspecified atom stereocenters. The van der Waals surface area contributed by atoms with E-state index in [0.29, 0.717) is 19.3 Å². The van der Waals surface area contributed by atoms with E-state index in [4.69, 9.17) is 0 Å². The Morgan fingerprint density at radius 2 is 1.58 bits per heavy atom. The number of aliphatic hydroxyl groups is 3. The van der Waals surface area contributed by atoms with E-state index in [2.05, 4.69) is 6.92 Å². The summed E-state index contributed by atoms with van der Waals surface area (Å²) < 4.78 is 0. The van der Waals surface area contributed by atoms with E-state index >= 15 is 0 Å². The lowest BCUT2D eigenvalue weighted by Gasteiger charge is -2.13. The first-order valence-electron chi connectivity index (χ1n) is 9.51. The lowest BCUT2D eigenvalue weighted by Crippen LogP contribution is -2.23. The molecule has 0 bridgehead atoms. The molecular formula is C22H32O4. The van der Waals surface area contributed by atoms with Gasteiger partial charge in [0.2, 0.25) is 0 Å². The first-order valence-corrected chi connectivity index (χ1v) is 9.51. The summed E-state index contributed by atoms with van der Waals surface area (Å²) in [6.07, 6.45) is 10.9. The minimum Gasteiger partial charge on any atom is -0.390 e. The largest absolute Gasteiger partial charge is 0.390 e. The van der Waals surface area contributed by atoms with E-state index < -0.39 is 18.3 Å². The Morgan fingerprint density at radius 1 is 0.923 bits per heavy atom. The number of carbonyl (C=O) groups is 1. The lowest BCUT2D eigenvalue weighted by molar-refractivity contribution is -0.108. The molecule has 3 N–H and O–H groups in total. The second-order valence-corrected chi connectivity index (χ2v) is 6.57. The molecule has 0 heterocycles. The number of carbonyl (C=O) groups excluding carboxylic acids is 1. The fourth-order valence-electron chi connectivity index (χ4n) is 2.64. The average molecular weight is 360 g/mol. The number of rotatable bonds is 13. The third-order valence-corrected chi connectivity index (χ3v) is 4.29. The van der Waals surface area contributed by atoms with E-state index in [1.165, 1.54) is 0 Å². The summed E-state index contributed by atoms with van der Waals surface area (Å²) in [5.74, 6) is 0. The second kappa shape index (κ2) is 13.5. The number of benzene rings is 1. The van der Waals surface area contributed by atoms with Gasteiger partial charge in [0, 0.05) is 6.42 Å². The summed E-state index contributed by atoms with van der Waals surface area (Å²) in [4.78, 5) is 10.3. The summed E-state index contributed by atoms with van der Waals surface area (Å²) in [5, 5.41) is 30.0. The molecule has 26 heavy (non-hydrogen) atoms. The highest BCUT2D eigenvalue weighted by atomic mass is 16.3. The van der Waals surface area contributed by atoms with Gasteiger partial charge in [-0.1, -0.05) is 74.8 Å². The Balaban J connectivity index is 2.66. The van der Waals surface area contributed by atoms with E-state index in [1.54, 1.807) is 18.2 Å². The highest BCUT2D eigenvalue weighted by molar-refractivity contribution is 5.65. The van der Waals surface area contributed by atoms with Gasteiger partial charge in [0.05, 0.1) is 18.3 Å². The maximum Gasteiger partial charge on any atom is 0.119 e. The third-order valence-electron chi connectivity index (χ3n) is 4.29. The topological polar surface area (TPSA) is 77.8 Å². The van der Waals surface area contributed by atoms with Gasteiger partial charge >= 0.3 is 0 Å². The molecule has 0 radical (unpaired) electrons. The Labute approximate surface area is 156 Å². The van der Waals surface area contributed by atoms with Gasteiger partial charge < -0.3 is 20.1 Å². The van der Waals surface area contributed by atoms with Crippen LogP contribution in [0.25, 0.3) is 12.2 Å². The van der Waals surface area contributed by atoms with E-state index in [1.807, 2.05) is 30.3 Å². The van der Waals surface area contributed by atoms with Crippen LogP contribution in [-0.2, 0) is 4.79 Å². The summed E-state index contributed by atoms with van der Waals surface area (Å²) in [7, 11) is 0. The Kier molecular flexibility index (Phi) is 11.5. The zero-order valence-electron chi connectivity index (χ0n) is 15.6. The first kappa shape index (κ1) is 22.3. The summed E-state index contributed by atoms with van der Waals surface area (Å²) in [6, 6.07) is 7.69. The number of aldehydes is 1. The molecule has 0 aliphatic carbocycles. The summed E-state index contributed by atoms with van der Waals surface area (Å²) in [5.41, 5.74) is 1.85. The van der Waals surface area contributed by atoms with Crippen molar-refractivity contribution in [2.45, 2.75) is 70.2 Å². The molecule has 4 heteroatoms. The van der Waals surface area contributed by atoms with Gasteiger partial charge in [-0.2, -0.15) is 0 Å². The number of unbranched alkanes of at least 4 members (excludes halogenated alkanes) is 3. The van der Waals surface area contributed by atoms with Crippen molar-refractivity contribution in [2.75, 3.05) is 0 Å². The molecule has 144 valence electrons. The maximum absolute atomic E-state index is 10.3. The predicted octanol–water partition coefficient (Wildman–Crippen LogP) is 3.75. The molecule has 0 saturated heterocycles. The molecule has 0 amide bonds. The van der Waals surface area contributed by atoms with Crippen molar-refractivity contribution in [2.24, 2.45) is 0 Å². The molecule has 3 atom stereocenters. The van der Waals surface area contributed by atoms with Crippen LogP contribution in [-0.4, -0.2) is 39.9 Å². The van der Waals surface area contributed by atoms with Crippen LogP contribution in [0.15, 0.2) is 36.4 Å². The number of hydrogen-bond donors (Lipinski definition) is 3. The van der Waals surface area contributed by atoms with Crippen molar-refractivity contribution in [3.05, 3.63) is 47.5 Å². The van der Waals surface area contributed by atoms with Crippen LogP contribution in [0.3, 0.4) is 0 Å². The van der Waals surface area contributed by atoms with Crippen molar-refractivity contribution in [3.8, 4) is 0 Å². The summed E-state index contributed by atoms with van der Waals surface area (Å²) >= 11 is 0. The average Bonchev–Trinajstić information content (AvgIpc) is 2.65. The highest BCUT2D eigenvalue weighted by Gasteiger charge is 2.12. The predicted molar refractivity (Wildman–Crippen MR) is 107 cm³/mol. The zero-order valence-corrected chi connectivity index (χ0v) is 15.6. The fraction of sp³-hybridized carbons (Fsp3) is 0.500. The molecule has 4 nitrogen and oxygen atoms in total. The van der Waals surface area contributed by atoms with Crippen LogP contribution in [0, 0.1) is 0 Å². The molecule has 1 aromatic rings. The molecule has 0 aliphatic heterocycles. The van der Waals surface area contributed by atoms with Crippen molar-refractivity contribution in [3.63, 3.8) is 0 Å². The molecule has 1 rings (SSSR count). The normalized spacial score (nSPS) is 15.4. The van der Waals surface area contributed by atoms with Gasteiger partial charge in [0.25, 0.3) is 0 Å². The highest BCUT2D eigenvalue weighted by Crippen LogP contribution is 2.16. The number of aliphatic hydroxyl groups excluding tert-OH is 3. The van der Waals surface area contributed by atoms with Crippen LogP contribution in [0.5, 0.6) is 0 Å². The van der Waals surface area contributed by atoms with Crippen LogP contribution in [0.2, 0.25) is 0 Å². The SMILES string of the molecule is CCCCC[C@@H](O)/C=C/c1ccccc1/C=C/[C@@H](O)[C@@H](O)CCCC=O. The zero-order chi connectivity index (χ0) is 19.2. The van der Waals surface area contributed by atoms with E-state index in [9.17, 15) is 20.1 Å². The molecule has 0 spiro atoms. The molecule has 0 fully saturated rings. The fourth-order valence-corrected chi connectivity index (χ4v) is 2.64. The minimum atomic E-state index is -0.974. The number of hydrogen-bond acceptors (Lipinski definition) is 4.